The standard InChI is InChI=1S/C20H23F2N5O/c1-28-19-12-23-13-25-20(19)27-7-5-26(6-8-27)4-2-3-14-11-24-18-10-17(22)16(21)9-15(14)18/h9-13,24H,2-8H2,1H3. The van der Waals surface area contributed by atoms with Gasteiger partial charge in [-0.3, -0.25) is 4.90 Å². The number of nitrogens with zero attached hydrogens (tertiary/aromatic N) is 4. The highest BCUT2D eigenvalue weighted by molar-refractivity contribution is 5.83. The number of aromatic amines is 1. The summed E-state index contributed by atoms with van der Waals surface area (Å²) in [5, 5.41) is 0.763. The molecule has 1 N–H and O–H groups in total. The molecule has 4 rings (SSSR count). The van der Waals surface area contributed by atoms with Gasteiger partial charge in [-0.2, -0.15) is 0 Å². The second-order valence-electron chi connectivity index (χ2n) is 6.97. The van der Waals surface area contributed by atoms with Crippen molar-refractivity contribution in [3.63, 3.8) is 0 Å². The normalized spacial score (nSPS) is 15.3. The Hall–Kier alpha value is -2.74. The maximum Gasteiger partial charge on any atom is 0.179 e. The quantitative estimate of drug-likeness (QED) is 0.705. The predicted molar refractivity (Wildman–Crippen MR) is 104 cm³/mol. The van der Waals surface area contributed by atoms with E-state index >= 15 is 0 Å². The largest absolute Gasteiger partial charge is 0.491 e. The first-order chi connectivity index (χ1) is 13.7. The van der Waals surface area contributed by atoms with Crippen molar-refractivity contribution in [1.29, 1.82) is 0 Å². The number of hydrogen-bond acceptors (Lipinski definition) is 5. The summed E-state index contributed by atoms with van der Waals surface area (Å²) >= 11 is 0. The van der Waals surface area contributed by atoms with Crippen molar-refractivity contribution in [1.82, 2.24) is 19.9 Å². The second kappa shape index (κ2) is 8.10. The van der Waals surface area contributed by atoms with Crippen LogP contribution in [-0.4, -0.2) is 59.7 Å². The lowest BCUT2D eigenvalue weighted by atomic mass is 10.1. The molecule has 0 radical (unpaired) electrons. The van der Waals surface area contributed by atoms with Gasteiger partial charge in [-0.1, -0.05) is 0 Å². The fourth-order valence-corrected chi connectivity index (χ4v) is 3.75. The van der Waals surface area contributed by atoms with E-state index in [1.807, 2.05) is 6.20 Å². The Morgan fingerprint density at radius 2 is 1.93 bits per heavy atom. The van der Waals surface area contributed by atoms with Gasteiger partial charge in [0.2, 0.25) is 0 Å². The minimum absolute atomic E-state index is 0.640. The number of aryl methyl sites for hydroxylation is 1. The lowest BCUT2D eigenvalue weighted by Crippen LogP contribution is -2.47. The van der Waals surface area contributed by atoms with E-state index in [0.29, 0.717) is 11.3 Å². The molecule has 0 amide bonds. The summed E-state index contributed by atoms with van der Waals surface area (Å²) in [7, 11) is 1.63. The maximum atomic E-state index is 13.5. The van der Waals surface area contributed by atoms with Crippen LogP contribution >= 0.6 is 0 Å². The van der Waals surface area contributed by atoms with E-state index in [9.17, 15) is 8.78 Å². The number of ether oxygens (including phenoxy) is 1. The number of anilines is 1. The molecule has 1 aliphatic heterocycles. The van der Waals surface area contributed by atoms with Crippen LogP contribution in [0.4, 0.5) is 14.6 Å². The summed E-state index contributed by atoms with van der Waals surface area (Å²) in [6.07, 6.45) is 6.86. The van der Waals surface area contributed by atoms with Crippen LogP contribution in [-0.2, 0) is 6.42 Å². The number of methoxy groups -OCH3 is 1. The fraction of sp³-hybridized carbons (Fsp3) is 0.400. The van der Waals surface area contributed by atoms with Gasteiger partial charge in [0.05, 0.1) is 13.3 Å². The lowest BCUT2D eigenvalue weighted by Gasteiger charge is -2.35. The number of H-pyrrole nitrogens is 1. The summed E-state index contributed by atoms with van der Waals surface area (Å²) in [4.78, 5) is 16.0. The molecule has 2 aromatic heterocycles. The van der Waals surface area contributed by atoms with Gasteiger partial charge in [0, 0.05) is 49.3 Å². The molecule has 3 heterocycles. The Labute approximate surface area is 162 Å². The Kier molecular flexibility index (Phi) is 5.38. The van der Waals surface area contributed by atoms with Crippen LogP contribution in [0.1, 0.15) is 12.0 Å². The van der Waals surface area contributed by atoms with Crippen molar-refractivity contribution in [3.05, 3.63) is 48.1 Å². The third kappa shape index (κ3) is 3.77. The van der Waals surface area contributed by atoms with Crippen LogP contribution in [0.2, 0.25) is 0 Å². The molecular weight excluding hydrogens is 364 g/mol. The second-order valence-corrected chi connectivity index (χ2v) is 6.97. The summed E-state index contributed by atoms with van der Waals surface area (Å²) in [5.41, 5.74) is 1.67. The molecule has 0 unspecified atom stereocenters. The predicted octanol–water partition coefficient (Wildman–Crippen LogP) is 3.00. The number of hydrogen-bond donors (Lipinski definition) is 1. The van der Waals surface area contributed by atoms with Gasteiger partial charge in [-0.15, -0.1) is 0 Å². The monoisotopic (exact) mass is 387 g/mol. The number of benzene rings is 1. The number of nitrogens with one attached hydrogen (secondary N) is 1. The first-order valence-corrected chi connectivity index (χ1v) is 9.42. The summed E-state index contributed by atoms with van der Waals surface area (Å²) in [5.74, 6) is -0.0899. The number of halogens is 2. The molecule has 28 heavy (non-hydrogen) atoms. The van der Waals surface area contributed by atoms with Gasteiger partial charge in [0.15, 0.2) is 23.2 Å². The van der Waals surface area contributed by atoms with E-state index in [1.54, 1.807) is 19.6 Å². The fourth-order valence-electron chi connectivity index (χ4n) is 3.75. The zero-order valence-electron chi connectivity index (χ0n) is 15.8. The Morgan fingerprint density at radius 3 is 2.71 bits per heavy atom. The summed E-state index contributed by atoms with van der Waals surface area (Å²) in [6, 6.07) is 2.50. The minimum atomic E-state index is -0.820. The van der Waals surface area contributed by atoms with Crippen molar-refractivity contribution in [2.24, 2.45) is 0 Å². The Balaban J connectivity index is 1.30. The lowest BCUT2D eigenvalue weighted by molar-refractivity contribution is 0.253. The zero-order chi connectivity index (χ0) is 19.5. The average Bonchev–Trinajstić information content (AvgIpc) is 3.10. The number of aromatic nitrogens is 3. The molecule has 0 spiro atoms. The van der Waals surface area contributed by atoms with Gasteiger partial charge >= 0.3 is 0 Å². The molecule has 6 nitrogen and oxygen atoms in total. The first-order valence-electron chi connectivity index (χ1n) is 9.42. The number of rotatable bonds is 6. The highest BCUT2D eigenvalue weighted by atomic mass is 19.2. The van der Waals surface area contributed by atoms with Crippen molar-refractivity contribution in [2.75, 3.05) is 44.7 Å². The molecule has 0 aliphatic carbocycles. The van der Waals surface area contributed by atoms with Crippen molar-refractivity contribution < 1.29 is 13.5 Å². The molecule has 1 fully saturated rings. The molecule has 8 heteroatoms. The molecule has 0 saturated carbocycles. The molecule has 1 aliphatic rings. The molecule has 148 valence electrons. The van der Waals surface area contributed by atoms with E-state index in [2.05, 4.69) is 24.8 Å². The van der Waals surface area contributed by atoms with Gasteiger partial charge in [-0.05, 0) is 31.0 Å². The van der Waals surface area contributed by atoms with Crippen LogP contribution < -0.4 is 9.64 Å². The SMILES string of the molecule is COc1cncnc1N1CCN(CCCc2c[nH]c3cc(F)c(F)cc23)CC1. The van der Waals surface area contributed by atoms with Gasteiger partial charge in [-0.25, -0.2) is 18.7 Å². The van der Waals surface area contributed by atoms with Crippen molar-refractivity contribution >= 4 is 16.7 Å². The van der Waals surface area contributed by atoms with Crippen LogP contribution in [0.25, 0.3) is 10.9 Å². The molecule has 1 saturated heterocycles. The third-order valence-corrected chi connectivity index (χ3v) is 5.28. The first kappa shape index (κ1) is 18.6. The van der Waals surface area contributed by atoms with E-state index in [4.69, 9.17) is 4.74 Å². The zero-order valence-corrected chi connectivity index (χ0v) is 15.8. The molecule has 0 atom stereocenters. The van der Waals surface area contributed by atoms with Crippen LogP contribution in [0, 0.1) is 11.6 Å². The minimum Gasteiger partial charge on any atom is -0.491 e. The summed E-state index contributed by atoms with van der Waals surface area (Å²) in [6.45, 7) is 4.61. The summed E-state index contributed by atoms with van der Waals surface area (Å²) < 4.78 is 32.2. The van der Waals surface area contributed by atoms with E-state index in [0.717, 1.165) is 62.3 Å². The average molecular weight is 387 g/mol. The van der Waals surface area contributed by atoms with Crippen molar-refractivity contribution in [2.45, 2.75) is 12.8 Å². The number of fused-ring (bicyclic) bond motifs is 1. The Bertz CT molecular complexity index is 953. The topological polar surface area (TPSA) is 57.3 Å². The highest BCUT2D eigenvalue weighted by Crippen LogP contribution is 2.25. The van der Waals surface area contributed by atoms with Gasteiger partial charge in [0.1, 0.15) is 6.33 Å². The van der Waals surface area contributed by atoms with Crippen LogP contribution in [0.15, 0.2) is 30.9 Å². The van der Waals surface area contributed by atoms with E-state index in [1.165, 1.54) is 12.1 Å². The smallest absolute Gasteiger partial charge is 0.179 e. The van der Waals surface area contributed by atoms with E-state index < -0.39 is 11.6 Å². The van der Waals surface area contributed by atoms with E-state index in [-0.39, 0.29) is 0 Å². The molecular formula is C20H23F2N5O. The third-order valence-electron chi connectivity index (χ3n) is 5.28. The molecule has 3 aromatic rings. The van der Waals surface area contributed by atoms with Crippen LogP contribution in [0.3, 0.4) is 0 Å². The molecule has 0 bridgehead atoms. The van der Waals surface area contributed by atoms with Gasteiger partial charge < -0.3 is 14.6 Å². The van der Waals surface area contributed by atoms with Crippen molar-refractivity contribution in [3.8, 4) is 5.75 Å². The van der Waals surface area contributed by atoms with Gasteiger partial charge in [0.25, 0.3) is 0 Å². The number of piperazine rings is 1. The Morgan fingerprint density at radius 1 is 1.14 bits per heavy atom. The van der Waals surface area contributed by atoms with Crippen LogP contribution in [0.5, 0.6) is 5.75 Å². The molecule has 1 aromatic carbocycles. The highest BCUT2D eigenvalue weighted by Gasteiger charge is 2.20. The maximum absolute atomic E-state index is 13.5.